The maximum atomic E-state index is 12.4. The van der Waals surface area contributed by atoms with Crippen LogP contribution in [0.4, 0.5) is 0 Å². The predicted octanol–water partition coefficient (Wildman–Crippen LogP) is 3.43. The minimum atomic E-state index is -0.664. The van der Waals surface area contributed by atoms with Crippen LogP contribution in [0.2, 0.25) is 5.15 Å². The number of halogens is 1. The van der Waals surface area contributed by atoms with Crippen molar-refractivity contribution >= 4 is 34.8 Å². The highest BCUT2D eigenvalue weighted by molar-refractivity contribution is 7.09. The maximum absolute atomic E-state index is 12.4. The van der Waals surface area contributed by atoms with Crippen LogP contribution in [0.15, 0.2) is 47.8 Å². The van der Waals surface area contributed by atoms with Crippen molar-refractivity contribution in [2.45, 2.75) is 20.0 Å². The highest BCUT2D eigenvalue weighted by atomic mass is 35.5. The lowest BCUT2D eigenvalue weighted by Crippen LogP contribution is -2.28. The van der Waals surface area contributed by atoms with Gasteiger partial charge in [0.25, 0.3) is 5.91 Å². The number of aryl methyl sites for hydroxylation is 1. The molecule has 8 heteroatoms. The molecule has 3 aromatic rings. The molecule has 0 spiro atoms. The molecule has 0 bridgehead atoms. The highest BCUT2D eigenvalue weighted by Crippen LogP contribution is 2.22. The second-order valence-corrected chi connectivity index (χ2v) is 7.22. The molecule has 6 nitrogen and oxygen atoms in total. The summed E-state index contributed by atoms with van der Waals surface area (Å²) in [4.78, 5) is 25.2. The standard InChI is InChI=1S/C19H18ClN3O3S/c1-13-17(18(20)23(22-13)11-14-6-3-2-4-7-14)19(25)26-12-16(24)21-10-15-8-5-9-27-15/h2-9H,10-12H2,1H3,(H,21,24). The molecule has 0 aliphatic carbocycles. The van der Waals surface area contributed by atoms with Crippen LogP contribution in [-0.2, 0) is 22.6 Å². The van der Waals surface area contributed by atoms with Gasteiger partial charge in [-0.05, 0) is 23.9 Å². The summed E-state index contributed by atoms with van der Waals surface area (Å²) in [7, 11) is 0. The Balaban J connectivity index is 1.58. The van der Waals surface area contributed by atoms with Gasteiger partial charge in [0, 0.05) is 4.88 Å². The Labute approximate surface area is 165 Å². The fraction of sp³-hybridized carbons (Fsp3) is 0.211. The van der Waals surface area contributed by atoms with E-state index in [4.69, 9.17) is 16.3 Å². The number of aromatic nitrogens is 2. The number of carbonyl (C=O) groups excluding carboxylic acids is 2. The molecule has 1 aromatic carbocycles. The van der Waals surface area contributed by atoms with Crippen molar-refractivity contribution in [3.8, 4) is 0 Å². The maximum Gasteiger partial charge on any atom is 0.343 e. The zero-order valence-electron chi connectivity index (χ0n) is 14.6. The molecule has 27 heavy (non-hydrogen) atoms. The second kappa shape index (κ2) is 8.83. The first kappa shape index (κ1) is 19.1. The van der Waals surface area contributed by atoms with Crippen molar-refractivity contribution in [3.05, 3.63) is 74.7 Å². The first-order valence-corrected chi connectivity index (χ1v) is 9.53. The number of benzene rings is 1. The highest BCUT2D eigenvalue weighted by Gasteiger charge is 2.22. The van der Waals surface area contributed by atoms with E-state index in [1.807, 2.05) is 47.8 Å². The summed E-state index contributed by atoms with van der Waals surface area (Å²) in [5.74, 6) is -1.04. The van der Waals surface area contributed by atoms with E-state index in [0.29, 0.717) is 18.8 Å². The van der Waals surface area contributed by atoms with Gasteiger partial charge >= 0.3 is 5.97 Å². The van der Waals surface area contributed by atoms with Gasteiger partial charge in [0.05, 0.1) is 18.8 Å². The van der Waals surface area contributed by atoms with Gasteiger partial charge in [-0.15, -0.1) is 11.3 Å². The summed E-state index contributed by atoms with van der Waals surface area (Å²) in [5.41, 5.74) is 1.65. The van der Waals surface area contributed by atoms with Gasteiger partial charge in [-0.1, -0.05) is 48.0 Å². The summed E-state index contributed by atoms with van der Waals surface area (Å²) in [5, 5.41) is 9.13. The smallest absolute Gasteiger partial charge is 0.343 e. The summed E-state index contributed by atoms with van der Waals surface area (Å²) in [6.07, 6.45) is 0. The van der Waals surface area contributed by atoms with Crippen LogP contribution in [0.5, 0.6) is 0 Å². The Morgan fingerprint density at radius 1 is 1.22 bits per heavy atom. The molecule has 140 valence electrons. The van der Waals surface area contributed by atoms with Crippen molar-refractivity contribution in [1.29, 1.82) is 0 Å². The van der Waals surface area contributed by atoms with Crippen LogP contribution in [-0.4, -0.2) is 28.3 Å². The molecule has 2 aromatic heterocycles. The van der Waals surface area contributed by atoms with E-state index in [-0.39, 0.29) is 23.2 Å². The Hall–Kier alpha value is -2.64. The van der Waals surface area contributed by atoms with Crippen LogP contribution < -0.4 is 5.32 Å². The molecule has 0 saturated heterocycles. The quantitative estimate of drug-likeness (QED) is 0.613. The van der Waals surface area contributed by atoms with Crippen molar-refractivity contribution in [1.82, 2.24) is 15.1 Å². The summed E-state index contributed by atoms with van der Waals surface area (Å²) in [6.45, 7) is 2.16. The fourth-order valence-corrected chi connectivity index (χ4v) is 3.46. The van der Waals surface area contributed by atoms with Gasteiger partial charge in [0.1, 0.15) is 10.7 Å². The lowest BCUT2D eigenvalue weighted by atomic mass is 10.2. The van der Waals surface area contributed by atoms with E-state index in [9.17, 15) is 9.59 Å². The molecule has 3 rings (SSSR count). The Kier molecular flexibility index (Phi) is 6.26. The Morgan fingerprint density at radius 2 is 2.00 bits per heavy atom. The Morgan fingerprint density at radius 3 is 2.70 bits per heavy atom. The largest absolute Gasteiger partial charge is 0.452 e. The van der Waals surface area contributed by atoms with Gasteiger partial charge in [0.15, 0.2) is 6.61 Å². The van der Waals surface area contributed by atoms with E-state index >= 15 is 0 Å². The topological polar surface area (TPSA) is 73.2 Å². The predicted molar refractivity (Wildman–Crippen MR) is 104 cm³/mol. The van der Waals surface area contributed by atoms with E-state index in [1.54, 1.807) is 22.9 Å². The van der Waals surface area contributed by atoms with Crippen molar-refractivity contribution in [3.63, 3.8) is 0 Å². The van der Waals surface area contributed by atoms with Gasteiger partial charge in [0.2, 0.25) is 0 Å². The number of thiophene rings is 1. The van der Waals surface area contributed by atoms with Crippen LogP contribution in [0.25, 0.3) is 0 Å². The molecule has 0 aliphatic heterocycles. The third-order valence-corrected chi connectivity index (χ3v) is 5.08. The summed E-state index contributed by atoms with van der Waals surface area (Å²) in [6, 6.07) is 13.5. The van der Waals surface area contributed by atoms with Gasteiger partial charge in [-0.2, -0.15) is 5.10 Å². The molecule has 1 amide bonds. The van der Waals surface area contributed by atoms with Crippen molar-refractivity contribution in [2.75, 3.05) is 6.61 Å². The van der Waals surface area contributed by atoms with Gasteiger partial charge < -0.3 is 10.1 Å². The lowest BCUT2D eigenvalue weighted by Gasteiger charge is -2.06. The number of esters is 1. The molecule has 0 atom stereocenters. The first-order valence-electron chi connectivity index (χ1n) is 8.27. The summed E-state index contributed by atoms with van der Waals surface area (Å²) < 4.78 is 6.64. The molecule has 0 unspecified atom stereocenters. The van der Waals surface area contributed by atoms with E-state index in [1.165, 1.54) is 0 Å². The molecule has 0 fully saturated rings. The lowest BCUT2D eigenvalue weighted by molar-refractivity contribution is -0.124. The monoisotopic (exact) mass is 403 g/mol. The van der Waals surface area contributed by atoms with Crippen LogP contribution in [0.1, 0.15) is 26.5 Å². The third-order valence-electron chi connectivity index (χ3n) is 3.82. The minimum Gasteiger partial charge on any atom is -0.452 e. The molecular weight excluding hydrogens is 386 g/mol. The fourth-order valence-electron chi connectivity index (χ4n) is 2.50. The zero-order valence-corrected chi connectivity index (χ0v) is 16.2. The number of nitrogens with one attached hydrogen (secondary N) is 1. The third kappa shape index (κ3) is 4.96. The molecule has 1 N–H and O–H groups in total. The number of ether oxygens (including phenoxy) is 1. The van der Waals surface area contributed by atoms with Gasteiger partial charge in [-0.25, -0.2) is 9.48 Å². The van der Waals surface area contributed by atoms with E-state index in [2.05, 4.69) is 10.4 Å². The number of hydrogen-bond acceptors (Lipinski definition) is 5. The number of rotatable bonds is 7. The molecule has 2 heterocycles. The zero-order chi connectivity index (χ0) is 19.2. The first-order chi connectivity index (χ1) is 13.0. The van der Waals surface area contributed by atoms with Crippen LogP contribution in [0, 0.1) is 6.92 Å². The number of hydrogen-bond donors (Lipinski definition) is 1. The number of carbonyl (C=O) groups is 2. The average Bonchev–Trinajstić information content (AvgIpc) is 3.27. The van der Waals surface area contributed by atoms with E-state index in [0.717, 1.165) is 10.4 Å². The normalized spacial score (nSPS) is 10.6. The SMILES string of the molecule is Cc1nn(Cc2ccccc2)c(Cl)c1C(=O)OCC(=O)NCc1cccs1. The summed E-state index contributed by atoms with van der Waals surface area (Å²) >= 11 is 7.86. The van der Waals surface area contributed by atoms with Crippen LogP contribution in [0.3, 0.4) is 0 Å². The van der Waals surface area contributed by atoms with Crippen molar-refractivity contribution < 1.29 is 14.3 Å². The van der Waals surface area contributed by atoms with Gasteiger partial charge in [-0.3, -0.25) is 4.79 Å². The van der Waals surface area contributed by atoms with Crippen LogP contribution >= 0.6 is 22.9 Å². The number of amides is 1. The van der Waals surface area contributed by atoms with Crippen molar-refractivity contribution in [2.24, 2.45) is 0 Å². The average molecular weight is 404 g/mol. The minimum absolute atomic E-state index is 0.179. The molecule has 0 radical (unpaired) electrons. The molecule has 0 saturated carbocycles. The molecular formula is C19H18ClN3O3S. The van der Waals surface area contributed by atoms with E-state index < -0.39 is 5.97 Å². The Bertz CT molecular complexity index is 923. The number of nitrogens with zero attached hydrogens (tertiary/aromatic N) is 2. The molecule has 0 aliphatic rings. The second-order valence-electron chi connectivity index (χ2n) is 5.83.